The third kappa shape index (κ3) is 8.11. The molecule has 0 aliphatic carbocycles. The molecule has 0 rings (SSSR count). The Kier molecular flexibility index (Phi) is 7.84. The number of hydrogen-bond acceptors (Lipinski definition) is 5. The Morgan fingerprint density at radius 3 is 2.50 bits per heavy atom. The topological polar surface area (TPSA) is 89.9 Å². The van der Waals surface area contributed by atoms with Gasteiger partial charge in [-0.1, -0.05) is 5.92 Å². The van der Waals surface area contributed by atoms with E-state index in [2.05, 4.69) is 8.92 Å². The van der Waals surface area contributed by atoms with Crippen LogP contribution in [0, 0.1) is 12.3 Å². The Balaban J connectivity index is 0. The fourth-order valence-electron chi connectivity index (χ4n) is 0.452. The fourth-order valence-corrected chi connectivity index (χ4v) is 0.895. The van der Waals surface area contributed by atoms with Gasteiger partial charge in [-0.25, -0.2) is 8.98 Å². The first kappa shape index (κ1) is 15.9. The molecule has 0 aliphatic heterocycles. The first-order valence-electron chi connectivity index (χ1n) is 3.12. The summed E-state index contributed by atoms with van der Waals surface area (Å²) in [5.74, 6) is 1.04. The zero-order valence-corrected chi connectivity index (χ0v) is 7.58. The molecule has 0 aliphatic rings. The second kappa shape index (κ2) is 6.88. The molecule has 0 heterocycles. The molecule has 0 spiro atoms. The Morgan fingerprint density at radius 2 is 2.14 bits per heavy atom. The van der Waals surface area contributed by atoms with Crippen LogP contribution in [-0.2, 0) is 24.1 Å². The third-order valence-corrected chi connectivity index (χ3v) is 1.43. The van der Waals surface area contributed by atoms with Crippen LogP contribution in [0.2, 0.25) is 0 Å². The summed E-state index contributed by atoms with van der Waals surface area (Å²) in [7, 11) is -4.65. The van der Waals surface area contributed by atoms with Gasteiger partial charge < -0.3 is 4.74 Å². The number of carbonyl (C=O) groups is 1. The summed E-state index contributed by atoms with van der Waals surface area (Å²) < 4.78 is 36.6. The first-order valence-corrected chi connectivity index (χ1v) is 4.49. The summed E-state index contributed by atoms with van der Waals surface area (Å²) in [4.78, 5) is 10.8. The van der Waals surface area contributed by atoms with E-state index in [9.17, 15) is 13.2 Å². The van der Waals surface area contributed by atoms with E-state index in [1.807, 2.05) is 5.92 Å². The van der Waals surface area contributed by atoms with Crippen LogP contribution >= 0.6 is 0 Å². The van der Waals surface area contributed by atoms with E-state index in [4.69, 9.17) is 11.0 Å². The van der Waals surface area contributed by atoms with Crippen molar-refractivity contribution in [3.63, 3.8) is 0 Å². The van der Waals surface area contributed by atoms with Gasteiger partial charge in [0.2, 0.25) is 0 Å². The molecule has 6 nitrogen and oxygen atoms in total. The minimum atomic E-state index is -4.65. The second-order valence-electron chi connectivity index (χ2n) is 1.98. The van der Waals surface area contributed by atoms with E-state index in [1.165, 1.54) is 0 Å². The van der Waals surface area contributed by atoms with Gasteiger partial charge in [0.15, 0.2) is 12.7 Å². The number of esters is 1. The molecule has 0 aromatic rings. The molecule has 0 saturated heterocycles. The van der Waals surface area contributed by atoms with E-state index in [0.29, 0.717) is 0 Å². The number of terminal acetylenes is 1. The summed E-state index contributed by atoms with van der Waals surface area (Å²) in [6.07, 6.45) is 3.35. The average molecular weight is 216 g/mol. The van der Waals surface area contributed by atoms with Crippen molar-refractivity contribution in [3.05, 3.63) is 0 Å². The Morgan fingerprint density at radius 1 is 1.64 bits per heavy atom. The van der Waals surface area contributed by atoms with Crippen LogP contribution in [0.4, 0.5) is 0 Å². The molecule has 0 bridgehead atoms. The van der Waals surface area contributed by atoms with Crippen LogP contribution in [0.25, 0.3) is 0 Å². The van der Waals surface area contributed by atoms with Crippen molar-refractivity contribution in [2.45, 2.75) is 13.0 Å². The molecule has 76 valence electrons. The minimum absolute atomic E-state index is 0. The van der Waals surface area contributed by atoms with Crippen LogP contribution in [-0.4, -0.2) is 50.5 Å². The van der Waals surface area contributed by atoms with E-state index < -0.39 is 22.5 Å². The number of ether oxygens (including phenoxy) is 1. The van der Waals surface area contributed by atoms with Gasteiger partial charge in [-0.05, 0) is 6.92 Å². The normalized spacial score (nSPS) is 12.1. The van der Waals surface area contributed by atoms with Gasteiger partial charge in [0.05, 0.1) is 0 Å². The van der Waals surface area contributed by atoms with Gasteiger partial charge in [0.1, 0.15) is 0 Å². The predicted molar refractivity (Wildman–Crippen MR) is 49.0 cm³/mol. The molecule has 0 aromatic carbocycles. The SMILES string of the molecule is C#CCOC(=O)C(C)OS(=O)(=O)O.[LiH]. The average Bonchev–Trinajstić information content (AvgIpc) is 1.96. The van der Waals surface area contributed by atoms with Gasteiger partial charge >= 0.3 is 35.2 Å². The molecular formula is C6H9LiO6S. The van der Waals surface area contributed by atoms with Crippen LogP contribution in [0.5, 0.6) is 0 Å². The van der Waals surface area contributed by atoms with Gasteiger partial charge in [-0.2, -0.15) is 8.42 Å². The summed E-state index contributed by atoms with van der Waals surface area (Å²) in [6.45, 7) is 0.824. The monoisotopic (exact) mass is 216 g/mol. The molecule has 0 saturated carbocycles. The number of hydrogen-bond donors (Lipinski definition) is 1. The van der Waals surface area contributed by atoms with Crippen molar-refractivity contribution in [3.8, 4) is 12.3 Å². The predicted octanol–water partition coefficient (Wildman–Crippen LogP) is -1.28. The van der Waals surface area contributed by atoms with Crippen molar-refractivity contribution >= 4 is 35.2 Å². The van der Waals surface area contributed by atoms with E-state index >= 15 is 0 Å². The number of carbonyl (C=O) groups excluding carboxylic acids is 1. The molecule has 1 N–H and O–H groups in total. The molecule has 8 heteroatoms. The molecule has 1 unspecified atom stereocenters. The Bertz CT molecular complexity index is 316. The van der Waals surface area contributed by atoms with Gasteiger partial charge in [0, 0.05) is 0 Å². The molecule has 14 heavy (non-hydrogen) atoms. The van der Waals surface area contributed by atoms with E-state index in [0.717, 1.165) is 6.92 Å². The van der Waals surface area contributed by atoms with Crippen molar-refractivity contribution in [2.75, 3.05) is 6.61 Å². The molecular weight excluding hydrogens is 207 g/mol. The van der Waals surface area contributed by atoms with Crippen LogP contribution < -0.4 is 0 Å². The Hall–Kier alpha value is -0.503. The van der Waals surface area contributed by atoms with Crippen molar-refractivity contribution in [1.29, 1.82) is 0 Å². The quantitative estimate of drug-likeness (QED) is 0.272. The third-order valence-electron chi connectivity index (χ3n) is 0.896. The fraction of sp³-hybridized carbons (Fsp3) is 0.500. The van der Waals surface area contributed by atoms with Gasteiger partial charge in [-0.15, -0.1) is 6.42 Å². The zero-order chi connectivity index (χ0) is 10.5. The van der Waals surface area contributed by atoms with Crippen LogP contribution in [0.1, 0.15) is 6.92 Å². The summed E-state index contributed by atoms with van der Waals surface area (Å²) in [5.41, 5.74) is 0. The summed E-state index contributed by atoms with van der Waals surface area (Å²) in [6, 6.07) is 0. The van der Waals surface area contributed by atoms with Crippen LogP contribution in [0.3, 0.4) is 0 Å². The Labute approximate surface area is 94.1 Å². The summed E-state index contributed by atoms with van der Waals surface area (Å²) in [5, 5.41) is 0. The molecule has 0 amide bonds. The number of rotatable bonds is 4. The van der Waals surface area contributed by atoms with E-state index in [-0.39, 0.29) is 25.5 Å². The molecule has 0 radical (unpaired) electrons. The molecule has 0 fully saturated rings. The van der Waals surface area contributed by atoms with Crippen molar-refractivity contribution in [2.24, 2.45) is 0 Å². The summed E-state index contributed by atoms with van der Waals surface area (Å²) >= 11 is 0. The molecule has 0 aromatic heterocycles. The second-order valence-corrected chi connectivity index (χ2v) is 3.03. The standard InChI is InChI=1S/C6H8O6S.Li.H/c1-3-4-11-6(7)5(2)12-13(8,9)10;;/h1,5H,4H2,2H3,(H,8,9,10);;. The van der Waals surface area contributed by atoms with E-state index in [1.54, 1.807) is 0 Å². The van der Waals surface area contributed by atoms with Gasteiger partial charge in [0.25, 0.3) is 0 Å². The zero-order valence-electron chi connectivity index (χ0n) is 6.76. The van der Waals surface area contributed by atoms with Gasteiger partial charge in [-0.3, -0.25) is 4.55 Å². The van der Waals surface area contributed by atoms with Crippen LogP contribution in [0.15, 0.2) is 0 Å². The maximum atomic E-state index is 10.8. The van der Waals surface area contributed by atoms with Crippen molar-refractivity contribution < 1.29 is 26.7 Å². The first-order chi connectivity index (χ1) is 5.87. The maximum absolute atomic E-state index is 10.8. The molecule has 1 atom stereocenters. The van der Waals surface area contributed by atoms with Crippen molar-refractivity contribution in [1.82, 2.24) is 0 Å².